The Morgan fingerprint density at radius 3 is 2.15 bits per heavy atom. The Labute approximate surface area is 237 Å². The van der Waals surface area contributed by atoms with E-state index in [1.807, 2.05) is 0 Å². The van der Waals surface area contributed by atoms with Crippen LogP contribution < -0.4 is 0 Å². The summed E-state index contributed by atoms with van der Waals surface area (Å²) < 4.78 is 6.28. The number of rotatable bonds is 2. The van der Waals surface area contributed by atoms with Gasteiger partial charge in [-0.3, -0.25) is 0 Å². The fourth-order valence-electron chi connectivity index (χ4n) is 6.86. The largest absolute Gasteiger partial charge is 0.456 e. The minimum atomic E-state index is 0.952. The first-order valence-electron chi connectivity index (χ1n) is 14.3. The second-order valence-electron chi connectivity index (χ2n) is 11.0. The van der Waals surface area contributed by atoms with Gasteiger partial charge in [0.25, 0.3) is 0 Å². The van der Waals surface area contributed by atoms with Crippen LogP contribution in [0.2, 0.25) is 0 Å². The average Bonchev–Trinajstić information content (AvgIpc) is 3.40. The van der Waals surface area contributed by atoms with Crippen LogP contribution in [0.15, 0.2) is 137 Å². The Morgan fingerprint density at radius 2 is 1.27 bits per heavy atom. The Hall–Kier alpha value is -5.21. The van der Waals surface area contributed by atoms with Crippen molar-refractivity contribution in [2.45, 2.75) is 12.8 Å². The number of aryl methyl sites for hydroxylation is 1. The molecule has 0 amide bonds. The fourth-order valence-corrected chi connectivity index (χ4v) is 6.86. The molecular formula is C39H25NO. The van der Waals surface area contributed by atoms with Crippen molar-refractivity contribution in [3.8, 4) is 0 Å². The smallest absolute Gasteiger partial charge is 0.136 e. The molecule has 2 nitrogen and oxygen atoms in total. The Balaban J connectivity index is 1.30. The highest BCUT2D eigenvalue weighted by molar-refractivity contribution is 6.37. The van der Waals surface area contributed by atoms with Crippen molar-refractivity contribution in [1.29, 1.82) is 0 Å². The number of allylic oxidation sites excluding steroid dienone is 2. The van der Waals surface area contributed by atoms with Crippen LogP contribution in [-0.2, 0) is 6.42 Å². The first-order valence-corrected chi connectivity index (χ1v) is 14.3. The highest BCUT2D eigenvalue weighted by Gasteiger charge is 2.20. The molecule has 192 valence electrons. The molecule has 0 saturated carbocycles. The monoisotopic (exact) mass is 523 g/mol. The van der Waals surface area contributed by atoms with E-state index in [1.54, 1.807) is 0 Å². The van der Waals surface area contributed by atoms with Gasteiger partial charge in [-0.15, -0.1) is 0 Å². The number of aliphatic imine (C=N–C) groups is 1. The zero-order valence-electron chi connectivity index (χ0n) is 22.4. The molecule has 0 aliphatic carbocycles. The molecule has 0 radical (unpaired) electrons. The van der Waals surface area contributed by atoms with E-state index in [2.05, 4.69) is 127 Å². The van der Waals surface area contributed by atoms with Crippen molar-refractivity contribution in [2.24, 2.45) is 4.99 Å². The third-order valence-electron chi connectivity index (χ3n) is 8.70. The molecule has 0 bridgehead atoms. The van der Waals surface area contributed by atoms with E-state index >= 15 is 0 Å². The van der Waals surface area contributed by atoms with E-state index in [0.717, 1.165) is 41.0 Å². The number of furan rings is 1. The number of hydrogen-bond donors (Lipinski definition) is 0. The maximum atomic E-state index is 6.28. The molecular weight excluding hydrogens is 498 g/mol. The number of fused-ring (bicyclic) bond motifs is 6. The van der Waals surface area contributed by atoms with Crippen LogP contribution >= 0.6 is 0 Å². The topological polar surface area (TPSA) is 25.5 Å². The van der Waals surface area contributed by atoms with Crippen LogP contribution in [0, 0.1) is 0 Å². The summed E-state index contributed by atoms with van der Waals surface area (Å²) in [7, 11) is 0. The molecule has 41 heavy (non-hydrogen) atoms. The molecule has 0 spiro atoms. The second kappa shape index (κ2) is 8.64. The maximum Gasteiger partial charge on any atom is 0.136 e. The van der Waals surface area contributed by atoms with Gasteiger partial charge in [0.05, 0.1) is 11.4 Å². The van der Waals surface area contributed by atoms with Crippen molar-refractivity contribution in [3.05, 3.63) is 144 Å². The molecule has 1 aliphatic heterocycles. The highest BCUT2D eigenvalue weighted by atomic mass is 16.3. The molecule has 0 atom stereocenters. The minimum absolute atomic E-state index is 0.952. The molecule has 0 N–H and O–H groups in total. The Bertz CT molecular complexity index is 2350. The van der Waals surface area contributed by atoms with Gasteiger partial charge >= 0.3 is 0 Å². The predicted octanol–water partition coefficient (Wildman–Crippen LogP) is 10.6. The normalized spacial score (nSPS) is 15.2. The van der Waals surface area contributed by atoms with Crippen LogP contribution in [0.3, 0.4) is 0 Å². The highest BCUT2D eigenvalue weighted by Crippen LogP contribution is 2.44. The average molecular weight is 524 g/mol. The second-order valence-corrected chi connectivity index (χ2v) is 11.0. The molecule has 2 heterocycles. The van der Waals surface area contributed by atoms with Gasteiger partial charge in [0.2, 0.25) is 0 Å². The molecule has 1 aliphatic rings. The summed E-state index contributed by atoms with van der Waals surface area (Å²) >= 11 is 0. The van der Waals surface area contributed by atoms with Crippen LogP contribution in [0.4, 0.5) is 5.69 Å². The molecule has 2 heteroatoms. The van der Waals surface area contributed by atoms with Gasteiger partial charge in [-0.1, -0.05) is 103 Å². The van der Waals surface area contributed by atoms with Crippen molar-refractivity contribution in [2.75, 3.05) is 0 Å². The lowest BCUT2D eigenvalue weighted by Gasteiger charge is -2.18. The summed E-state index contributed by atoms with van der Waals surface area (Å²) in [5, 5.41) is 10.0. The van der Waals surface area contributed by atoms with Crippen LogP contribution in [-0.4, -0.2) is 5.71 Å². The van der Waals surface area contributed by atoms with Gasteiger partial charge in [0.15, 0.2) is 0 Å². The number of hydrogen-bond acceptors (Lipinski definition) is 2. The summed E-state index contributed by atoms with van der Waals surface area (Å²) in [4.78, 5) is 5.28. The third-order valence-corrected chi connectivity index (χ3v) is 8.70. The van der Waals surface area contributed by atoms with Crippen molar-refractivity contribution in [3.63, 3.8) is 0 Å². The molecule has 0 saturated heterocycles. The lowest BCUT2D eigenvalue weighted by molar-refractivity contribution is 0.669. The molecule has 0 fully saturated rings. The first-order chi connectivity index (χ1) is 20.3. The molecule has 8 aromatic rings. The third kappa shape index (κ3) is 3.34. The molecule has 0 unspecified atom stereocenters. The van der Waals surface area contributed by atoms with Crippen molar-refractivity contribution >= 4 is 71.2 Å². The fraction of sp³-hybridized carbons (Fsp3) is 0.0513. The predicted molar refractivity (Wildman–Crippen MR) is 173 cm³/mol. The van der Waals surface area contributed by atoms with Gasteiger partial charge in [0.1, 0.15) is 11.2 Å². The summed E-state index contributed by atoms with van der Waals surface area (Å²) in [5.41, 5.74) is 8.80. The molecule has 9 rings (SSSR count). The van der Waals surface area contributed by atoms with Gasteiger partial charge in [-0.05, 0) is 80.6 Å². The quantitative estimate of drug-likeness (QED) is 0.207. The van der Waals surface area contributed by atoms with Crippen molar-refractivity contribution < 1.29 is 4.42 Å². The van der Waals surface area contributed by atoms with Crippen LogP contribution in [0.25, 0.3) is 59.8 Å². The van der Waals surface area contributed by atoms with E-state index in [9.17, 15) is 0 Å². The summed E-state index contributed by atoms with van der Waals surface area (Å²) in [6.07, 6.45) is 4.32. The Kier molecular flexibility index (Phi) is 4.76. The zero-order chi connectivity index (χ0) is 26.9. The standard InChI is InChI=1S/C39H25NO/c1-2-10-25(11-3-1)39-29(13-6-12-24-9-4-5-16-33(24)40-39)27-19-21-28-26(23-27)20-22-31-30-14-7-17-34-37(30)38-32(36(28)31)15-8-18-35(38)41-34/h1-5,7-11,13-23H,6,12H2/b29-13-,40-39?. The van der Waals surface area contributed by atoms with Gasteiger partial charge < -0.3 is 4.42 Å². The zero-order valence-corrected chi connectivity index (χ0v) is 22.4. The molecule has 7 aromatic carbocycles. The first kappa shape index (κ1) is 22.6. The summed E-state index contributed by atoms with van der Waals surface area (Å²) in [6, 6.07) is 43.5. The number of nitrogens with zero attached hydrogens (tertiary/aromatic N) is 1. The maximum absolute atomic E-state index is 6.28. The lowest BCUT2D eigenvalue weighted by atomic mass is 9.88. The van der Waals surface area contributed by atoms with Crippen LogP contribution in [0.5, 0.6) is 0 Å². The van der Waals surface area contributed by atoms with E-state index in [0.29, 0.717) is 0 Å². The minimum Gasteiger partial charge on any atom is -0.456 e. The van der Waals surface area contributed by atoms with Gasteiger partial charge in [0, 0.05) is 21.9 Å². The van der Waals surface area contributed by atoms with E-state index in [4.69, 9.17) is 9.41 Å². The van der Waals surface area contributed by atoms with Gasteiger partial charge in [-0.2, -0.15) is 0 Å². The van der Waals surface area contributed by atoms with Gasteiger partial charge in [-0.25, -0.2) is 4.99 Å². The molecule has 1 aromatic heterocycles. The SMILES string of the molecule is C1=C(/c2ccc3c(ccc4c5cccc6oc7cccc(c34)c7c65)c2)C(c2ccccc2)=Nc2ccccc2CC/1. The van der Waals surface area contributed by atoms with Crippen molar-refractivity contribution in [1.82, 2.24) is 0 Å². The lowest BCUT2D eigenvalue weighted by Crippen LogP contribution is -2.07. The summed E-state index contributed by atoms with van der Waals surface area (Å²) in [6.45, 7) is 0. The number of para-hydroxylation sites is 1. The number of benzene rings is 7. The Morgan fingerprint density at radius 1 is 0.537 bits per heavy atom. The van der Waals surface area contributed by atoms with E-state index in [1.165, 1.54) is 59.8 Å². The summed E-state index contributed by atoms with van der Waals surface area (Å²) in [5.74, 6) is 0. The van der Waals surface area contributed by atoms with E-state index < -0.39 is 0 Å². The van der Waals surface area contributed by atoms with Crippen LogP contribution in [0.1, 0.15) is 23.1 Å². The van der Waals surface area contributed by atoms with E-state index in [-0.39, 0.29) is 0 Å².